The minimum absolute atomic E-state index is 0.293. The van der Waals surface area contributed by atoms with E-state index in [0.717, 1.165) is 9.86 Å². The Kier molecular flexibility index (Phi) is 5.17. The molecule has 0 saturated carbocycles. The molecule has 2 aromatic heterocycles. The zero-order valence-corrected chi connectivity index (χ0v) is 18.8. The van der Waals surface area contributed by atoms with Crippen molar-refractivity contribution in [1.29, 1.82) is 0 Å². The molecule has 0 bridgehead atoms. The molecule has 0 aliphatic carbocycles. The second-order valence-electron chi connectivity index (χ2n) is 7.43. The van der Waals surface area contributed by atoms with Gasteiger partial charge in [-0.05, 0) is 36.4 Å². The van der Waals surface area contributed by atoms with Gasteiger partial charge in [-0.1, -0.05) is 28.1 Å². The van der Waals surface area contributed by atoms with Gasteiger partial charge >= 0.3 is 5.63 Å². The summed E-state index contributed by atoms with van der Waals surface area (Å²) in [5.74, 6) is 0. The second-order valence-corrected chi connectivity index (χ2v) is 10.3. The molecule has 1 saturated heterocycles. The van der Waals surface area contributed by atoms with Gasteiger partial charge in [0.05, 0.1) is 11.6 Å². The molecule has 1 aliphatic heterocycles. The first kappa shape index (κ1) is 20.4. The van der Waals surface area contributed by atoms with E-state index in [-0.39, 0.29) is 0 Å². The average molecular weight is 503 g/mol. The molecule has 0 unspecified atom stereocenters. The molecule has 0 N–H and O–H groups in total. The van der Waals surface area contributed by atoms with Crippen LogP contribution in [-0.2, 0) is 16.7 Å². The van der Waals surface area contributed by atoms with Gasteiger partial charge < -0.3 is 4.42 Å². The highest BCUT2D eigenvalue weighted by atomic mass is 79.9. The third-order valence-corrected chi connectivity index (χ3v) is 7.90. The molecule has 0 radical (unpaired) electrons. The number of piperazine rings is 1. The highest BCUT2D eigenvalue weighted by Gasteiger charge is 2.28. The molecule has 0 spiro atoms. The number of rotatable bonds is 4. The van der Waals surface area contributed by atoms with Crippen LogP contribution in [0.1, 0.15) is 0 Å². The second kappa shape index (κ2) is 7.86. The summed E-state index contributed by atoms with van der Waals surface area (Å²) < 4.78 is 35.2. The van der Waals surface area contributed by atoms with Crippen LogP contribution in [0.5, 0.6) is 0 Å². The van der Waals surface area contributed by atoms with Gasteiger partial charge in [-0.25, -0.2) is 13.2 Å². The number of fused-ring (bicyclic) bond motifs is 3. The van der Waals surface area contributed by atoms with Crippen LogP contribution < -0.4 is 5.63 Å². The maximum atomic E-state index is 12.9. The smallest absolute Gasteiger partial charge is 0.347 e. The summed E-state index contributed by atoms with van der Waals surface area (Å²) in [6, 6.07) is 14.0. The summed E-state index contributed by atoms with van der Waals surface area (Å²) >= 11 is 3.33. The minimum Gasteiger partial charge on any atom is -0.422 e. The van der Waals surface area contributed by atoms with Gasteiger partial charge in [0.2, 0.25) is 10.0 Å². The summed E-state index contributed by atoms with van der Waals surface area (Å²) in [7, 11) is -3.52. The maximum Gasteiger partial charge on any atom is 0.347 e. The normalized spacial score (nSPS) is 16.3. The molecule has 31 heavy (non-hydrogen) atoms. The average Bonchev–Trinajstić information content (AvgIpc) is 3.19. The van der Waals surface area contributed by atoms with E-state index in [1.165, 1.54) is 4.31 Å². The molecule has 3 heterocycles. The van der Waals surface area contributed by atoms with E-state index in [2.05, 4.69) is 25.9 Å². The molecule has 4 aromatic rings. The fourth-order valence-electron chi connectivity index (χ4n) is 3.82. The van der Waals surface area contributed by atoms with Gasteiger partial charge in [0.25, 0.3) is 0 Å². The molecule has 1 fully saturated rings. The SMILES string of the molecule is O=c1oc2ccccc2c2nn(CN3CCN(S(=O)(=O)c4ccc(Br)cc4)CC3)cc12. The summed E-state index contributed by atoms with van der Waals surface area (Å²) in [6.07, 6.45) is 1.69. The van der Waals surface area contributed by atoms with Crippen molar-refractivity contribution in [2.75, 3.05) is 26.2 Å². The van der Waals surface area contributed by atoms with Gasteiger partial charge in [0, 0.05) is 42.2 Å². The van der Waals surface area contributed by atoms with Crippen molar-refractivity contribution in [3.8, 4) is 0 Å². The van der Waals surface area contributed by atoms with Crippen molar-refractivity contribution in [2.45, 2.75) is 11.6 Å². The number of nitrogens with zero attached hydrogens (tertiary/aromatic N) is 4. The van der Waals surface area contributed by atoms with E-state index in [9.17, 15) is 13.2 Å². The highest BCUT2D eigenvalue weighted by Crippen LogP contribution is 2.22. The number of sulfonamides is 1. The van der Waals surface area contributed by atoms with Crippen molar-refractivity contribution in [3.05, 3.63) is 69.6 Å². The van der Waals surface area contributed by atoms with Crippen LogP contribution in [0.4, 0.5) is 0 Å². The third-order valence-electron chi connectivity index (χ3n) is 5.45. The zero-order chi connectivity index (χ0) is 21.6. The van der Waals surface area contributed by atoms with E-state index in [1.807, 2.05) is 18.2 Å². The summed E-state index contributed by atoms with van der Waals surface area (Å²) in [5.41, 5.74) is 0.714. The zero-order valence-electron chi connectivity index (χ0n) is 16.4. The van der Waals surface area contributed by atoms with Crippen molar-refractivity contribution in [1.82, 2.24) is 19.0 Å². The third kappa shape index (κ3) is 3.80. The largest absolute Gasteiger partial charge is 0.422 e. The Hall–Kier alpha value is -2.53. The van der Waals surface area contributed by atoms with Crippen LogP contribution in [0.2, 0.25) is 0 Å². The summed E-state index contributed by atoms with van der Waals surface area (Å²) in [5, 5.41) is 5.83. The molecule has 160 valence electrons. The predicted octanol–water partition coefficient (Wildman–Crippen LogP) is 2.87. The highest BCUT2D eigenvalue weighted by molar-refractivity contribution is 9.10. The molecule has 2 aromatic carbocycles. The van der Waals surface area contributed by atoms with Crippen molar-refractivity contribution in [2.24, 2.45) is 0 Å². The van der Waals surface area contributed by atoms with Crippen molar-refractivity contribution < 1.29 is 12.8 Å². The Morgan fingerprint density at radius 2 is 1.68 bits per heavy atom. The Morgan fingerprint density at radius 1 is 0.968 bits per heavy atom. The molecule has 0 atom stereocenters. The number of aromatic nitrogens is 2. The number of hydrogen-bond acceptors (Lipinski definition) is 6. The Labute approximate surface area is 186 Å². The molecule has 5 rings (SSSR count). The first-order valence-electron chi connectivity index (χ1n) is 9.79. The lowest BCUT2D eigenvalue weighted by atomic mass is 10.2. The van der Waals surface area contributed by atoms with Crippen molar-refractivity contribution in [3.63, 3.8) is 0 Å². The van der Waals surface area contributed by atoms with Crippen LogP contribution in [0.25, 0.3) is 21.9 Å². The van der Waals surface area contributed by atoms with Crippen LogP contribution in [0.3, 0.4) is 0 Å². The lowest BCUT2D eigenvalue weighted by Crippen LogP contribution is -2.48. The van der Waals surface area contributed by atoms with Crippen LogP contribution >= 0.6 is 15.9 Å². The molecule has 0 amide bonds. The van der Waals surface area contributed by atoms with Gasteiger partial charge in [-0.15, -0.1) is 0 Å². The molecule has 10 heteroatoms. The first-order chi connectivity index (χ1) is 14.9. The standard InChI is InChI=1S/C21H19BrN4O4S/c22-15-5-7-16(8-6-15)31(28,29)26-11-9-24(10-12-26)14-25-13-18-20(23-25)17-3-1-2-4-19(17)30-21(18)27/h1-8,13H,9-12,14H2. The van der Waals surface area contributed by atoms with Crippen LogP contribution in [-0.4, -0.2) is 53.6 Å². The van der Waals surface area contributed by atoms with E-state index in [4.69, 9.17) is 4.42 Å². The summed E-state index contributed by atoms with van der Waals surface area (Å²) in [6.45, 7) is 2.39. The fourth-order valence-corrected chi connectivity index (χ4v) is 5.51. The van der Waals surface area contributed by atoms with E-state index in [0.29, 0.717) is 54.2 Å². The van der Waals surface area contributed by atoms with Gasteiger partial charge in [0.1, 0.15) is 16.5 Å². The molecule has 1 aliphatic rings. The predicted molar refractivity (Wildman–Crippen MR) is 120 cm³/mol. The van der Waals surface area contributed by atoms with E-state index in [1.54, 1.807) is 41.2 Å². The van der Waals surface area contributed by atoms with E-state index >= 15 is 0 Å². The number of para-hydroxylation sites is 1. The Morgan fingerprint density at radius 3 is 2.42 bits per heavy atom. The quantitative estimate of drug-likeness (QED) is 0.398. The van der Waals surface area contributed by atoms with Crippen molar-refractivity contribution >= 4 is 47.8 Å². The number of benzene rings is 2. The minimum atomic E-state index is -3.52. The van der Waals surface area contributed by atoms with Crippen LogP contribution in [0.15, 0.2) is 73.3 Å². The molecule has 8 nitrogen and oxygen atoms in total. The van der Waals surface area contributed by atoms with Crippen LogP contribution in [0, 0.1) is 0 Å². The summed E-state index contributed by atoms with van der Waals surface area (Å²) in [4.78, 5) is 14.7. The topological polar surface area (TPSA) is 88.7 Å². The monoisotopic (exact) mass is 502 g/mol. The first-order valence-corrected chi connectivity index (χ1v) is 12.0. The number of hydrogen-bond donors (Lipinski definition) is 0. The molecular weight excluding hydrogens is 484 g/mol. The Bertz CT molecular complexity index is 1420. The number of halogens is 1. The Balaban J connectivity index is 1.32. The van der Waals surface area contributed by atoms with Gasteiger partial charge in [-0.3, -0.25) is 9.58 Å². The fraction of sp³-hybridized carbons (Fsp3) is 0.238. The lowest BCUT2D eigenvalue weighted by molar-refractivity contribution is 0.146. The van der Waals surface area contributed by atoms with Gasteiger partial charge in [-0.2, -0.15) is 9.40 Å². The maximum absolute atomic E-state index is 12.9. The van der Waals surface area contributed by atoms with Gasteiger partial charge in [0.15, 0.2) is 0 Å². The van der Waals surface area contributed by atoms with E-state index < -0.39 is 15.6 Å². The lowest BCUT2D eigenvalue weighted by Gasteiger charge is -2.33. The molecular formula is C21H19BrN4O4S.